The van der Waals surface area contributed by atoms with Crippen LogP contribution in [-0.2, 0) is 4.79 Å². The minimum Gasteiger partial charge on any atom is -0.481 e. The van der Waals surface area contributed by atoms with Crippen molar-refractivity contribution in [1.29, 1.82) is 0 Å². The molecule has 1 aromatic heterocycles. The molecule has 1 unspecified atom stereocenters. The van der Waals surface area contributed by atoms with E-state index in [4.69, 9.17) is 9.72 Å². The molecule has 0 aliphatic carbocycles. The fourth-order valence-corrected chi connectivity index (χ4v) is 3.74. The molecule has 0 radical (unpaired) electrons. The first-order valence-corrected chi connectivity index (χ1v) is 10.1. The molecule has 2 heterocycles. The first-order valence-electron chi connectivity index (χ1n) is 10.1. The topological polar surface area (TPSA) is 54.5 Å². The molecule has 0 spiro atoms. The van der Waals surface area contributed by atoms with Crippen molar-refractivity contribution in [3.8, 4) is 5.75 Å². The molecule has 156 valence electrons. The number of fused-ring (bicyclic) bond motifs is 1. The summed E-state index contributed by atoms with van der Waals surface area (Å²) in [5.74, 6) is -0.714. The zero-order chi connectivity index (χ0) is 21.1. The molecule has 1 aliphatic rings. The van der Waals surface area contributed by atoms with Gasteiger partial charge in [-0.2, -0.15) is 0 Å². The van der Waals surface area contributed by atoms with Crippen molar-refractivity contribution in [2.24, 2.45) is 0 Å². The zero-order valence-corrected chi connectivity index (χ0v) is 16.7. The van der Waals surface area contributed by atoms with E-state index in [2.05, 4.69) is 17.1 Å². The maximum Gasteiger partial charge on any atom is 0.262 e. The molecular formula is C23H23F2N3O2. The molecule has 2 aromatic carbocycles. The van der Waals surface area contributed by atoms with Gasteiger partial charge in [-0.3, -0.25) is 4.79 Å². The van der Waals surface area contributed by atoms with Gasteiger partial charge in [0.1, 0.15) is 28.7 Å². The molecule has 5 nitrogen and oxygen atoms in total. The highest BCUT2D eigenvalue weighted by atomic mass is 19.1. The van der Waals surface area contributed by atoms with E-state index < -0.39 is 17.5 Å². The molecule has 3 aromatic rings. The second-order valence-corrected chi connectivity index (χ2v) is 7.50. The number of aromatic nitrogens is 1. The van der Waals surface area contributed by atoms with Crippen LogP contribution in [0.4, 0.5) is 20.3 Å². The van der Waals surface area contributed by atoms with E-state index in [1.807, 2.05) is 24.3 Å². The third-order valence-corrected chi connectivity index (χ3v) is 5.33. The predicted octanol–water partition coefficient (Wildman–Crippen LogP) is 4.91. The quantitative estimate of drug-likeness (QED) is 0.648. The van der Waals surface area contributed by atoms with Gasteiger partial charge in [0.15, 0.2) is 6.61 Å². The summed E-state index contributed by atoms with van der Waals surface area (Å²) in [6.45, 7) is 2.85. The summed E-state index contributed by atoms with van der Waals surface area (Å²) < 4.78 is 32.4. The molecule has 0 saturated carbocycles. The number of hydrogen-bond acceptors (Lipinski definition) is 4. The van der Waals surface area contributed by atoms with Crippen LogP contribution in [0, 0.1) is 11.6 Å². The highest BCUT2D eigenvalue weighted by Crippen LogP contribution is 2.29. The maximum absolute atomic E-state index is 13.7. The molecule has 1 fully saturated rings. The number of benzene rings is 2. The number of halogens is 2. The summed E-state index contributed by atoms with van der Waals surface area (Å²) >= 11 is 0. The Morgan fingerprint density at radius 2 is 2.07 bits per heavy atom. The SMILES string of the molecule is CC1CCCCN1c1ccc2cccc(OCC(=O)Nc3ccc(F)cc3F)c2n1. The van der Waals surface area contributed by atoms with Crippen LogP contribution in [0.1, 0.15) is 26.2 Å². The number of ether oxygens (including phenoxy) is 1. The zero-order valence-electron chi connectivity index (χ0n) is 16.7. The summed E-state index contributed by atoms with van der Waals surface area (Å²) in [4.78, 5) is 19.3. The number of nitrogens with zero attached hydrogens (tertiary/aromatic N) is 2. The second kappa shape index (κ2) is 8.65. The van der Waals surface area contributed by atoms with E-state index in [1.165, 1.54) is 12.5 Å². The van der Waals surface area contributed by atoms with E-state index in [0.717, 1.165) is 36.7 Å². The van der Waals surface area contributed by atoms with Gasteiger partial charge in [0.25, 0.3) is 5.91 Å². The smallest absolute Gasteiger partial charge is 0.262 e. The van der Waals surface area contributed by atoms with E-state index >= 15 is 0 Å². The van der Waals surface area contributed by atoms with Gasteiger partial charge in [-0.15, -0.1) is 0 Å². The lowest BCUT2D eigenvalue weighted by molar-refractivity contribution is -0.118. The number of piperidine rings is 1. The van der Waals surface area contributed by atoms with E-state index in [9.17, 15) is 13.6 Å². The van der Waals surface area contributed by atoms with Gasteiger partial charge < -0.3 is 15.0 Å². The van der Waals surface area contributed by atoms with E-state index in [1.54, 1.807) is 6.07 Å². The Morgan fingerprint density at radius 3 is 2.87 bits per heavy atom. The minimum absolute atomic E-state index is 0.0950. The minimum atomic E-state index is -0.838. The Labute approximate surface area is 173 Å². The van der Waals surface area contributed by atoms with Gasteiger partial charge in [-0.25, -0.2) is 13.8 Å². The van der Waals surface area contributed by atoms with Crippen LogP contribution >= 0.6 is 0 Å². The normalized spacial score (nSPS) is 16.5. The van der Waals surface area contributed by atoms with Crippen molar-refractivity contribution in [3.63, 3.8) is 0 Å². The van der Waals surface area contributed by atoms with Crippen molar-refractivity contribution in [2.75, 3.05) is 23.4 Å². The number of anilines is 2. The Bertz CT molecular complexity index is 1070. The highest BCUT2D eigenvalue weighted by Gasteiger charge is 2.20. The molecule has 1 atom stereocenters. The lowest BCUT2D eigenvalue weighted by Gasteiger charge is -2.34. The fraction of sp³-hybridized carbons (Fsp3) is 0.304. The molecule has 0 bridgehead atoms. The van der Waals surface area contributed by atoms with Crippen molar-refractivity contribution in [1.82, 2.24) is 4.98 Å². The van der Waals surface area contributed by atoms with Gasteiger partial charge in [0, 0.05) is 24.0 Å². The first kappa shape index (κ1) is 20.1. The van der Waals surface area contributed by atoms with Crippen molar-refractivity contribution >= 4 is 28.3 Å². The summed E-state index contributed by atoms with van der Waals surface area (Å²) in [6.07, 6.45) is 3.50. The second-order valence-electron chi connectivity index (χ2n) is 7.50. The molecule has 30 heavy (non-hydrogen) atoms. The lowest BCUT2D eigenvalue weighted by atomic mass is 10.0. The van der Waals surface area contributed by atoms with Gasteiger partial charge >= 0.3 is 0 Å². The molecule has 7 heteroatoms. The average molecular weight is 411 g/mol. The standard InChI is InChI=1S/C23H23F2N3O2/c1-15-5-2-3-12-28(15)21-11-8-16-6-4-7-20(23(16)27-21)30-14-22(29)26-19-10-9-17(24)13-18(19)25/h4,6-11,13,15H,2-3,5,12,14H2,1H3,(H,26,29). The molecule has 1 saturated heterocycles. The molecule has 4 rings (SSSR count). The van der Waals surface area contributed by atoms with Crippen LogP contribution in [0.25, 0.3) is 10.9 Å². The number of carbonyl (C=O) groups excluding carboxylic acids is 1. The summed E-state index contributed by atoms with van der Waals surface area (Å²) in [7, 11) is 0. The van der Waals surface area contributed by atoms with Crippen molar-refractivity contribution in [2.45, 2.75) is 32.2 Å². The number of para-hydroxylation sites is 1. The molecular weight excluding hydrogens is 388 g/mol. The van der Waals surface area contributed by atoms with Gasteiger partial charge in [0.05, 0.1) is 5.69 Å². The van der Waals surface area contributed by atoms with E-state index in [-0.39, 0.29) is 12.3 Å². The first-order chi connectivity index (χ1) is 14.5. The Kier molecular flexibility index (Phi) is 5.79. The van der Waals surface area contributed by atoms with E-state index in [0.29, 0.717) is 23.4 Å². The third kappa shape index (κ3) is 4.35. The van der Waals surface area contributed by atoms with Crippen LogP contribution in [0.2, 0.25) is 0 Å². The van der Waals surface area contributed by atoms with Gasteiger partial charge in [-0.1, -0.05) is 12.1 Å². The average Bonchev–Trinajstić information content (AvgIpc) is 2.74. The van der Waals surface area contributed by atoms with Crippen LogP contribution < -0.4 is 15.0 Å². The number of amides is 1. The number of pyridine rings is 1. The number of nitrogens with one attached hydrogen (secondary N) is 1. The summed E-state index contributed by atoms with van der Waals surface area (Å²) in [6, 6.07) is 12.9. The van der Waals surface area contributed by atoms with Crippen LogP contribution in [0.5, 0.6) is 5.75 Å². The number of rotatable bonds is 5. The number of carbonyl (C=O) groups is 1. The summed E-state index contributed by atoms with van der Waals surface area (Å²) in [5.41, 5.74) is 0.580. The van der Waals surface area contributed by atoms with Crippen LogP contribution in [0.3, 0.4) is 0 Å². The van der Waals surface area contributed by atoms with Crippen molar-refractivity contribution in [3.05, 3.63) is 60.2 Å². The molecule has 1 amide bonds. The number of hydrogen-bond donors (Lipinski definition) is 1. The summed E-state index contributed by atoms with van der Waals surface area (Å²) in [5, 5.41) is 3.30. The Morgan fingerprint density at radius 1 is 1.20 bits per heavy atom. The van der Waals surface area contributed by atoms with Crippen molar-refractivity contribution < 1.29 is 18.3 Å². The van der Waals surface area contributed by atoms with Crippen LogP contribution in [0.15, 0.2) is 48.5 Å². The third-order valence-electron chi connectivity index (χ3n) is 5.33. The fourth-order valence-electron chi connectivity index (χ4n) is 3.74. The highest BCUT2D eigenvalue weighted by molar-refractivity contribution is 5.92. The lowest BCUT2D eigenvalue weighted by Crippen LogP contribution is -2.37. The van der Waals surface area contributed by atoms with Gasteiger partial charge in [-0.05, 0) is 56.5 Å². The van der Waals surface area contributed by atoms with Gasteiger partial charge in [0.2, 0.25) is 0 Å². The molecule has 1 N–H and O–H groups in total. The Hall–Kier alpha value is -3.22. The maximum atomic E-state index is 13.7. The van der Waals surface area contributed by atoms with Crippen LogP contribution in [-0.4, -0.2) is 30.1 Å². The Balaban J connectivity index is 1.50. The largest absolute Gasteiger partial charge is 0.481 e. The molecule has 1 aliphatic heterocycles. The predicted molar refractivity (Wildman–Crippen MR) is 113 cm³/mol. The monoisotopic (exact) mass is 411 g/mol.